The molecule has 7 nitrogen and oxygen atoms in total. The van der Waals surface area contributed by atoms with Gasteiger partial charge in [-0.25, -0.2) is 0 Å². The van der Waals surface area contributed by atoms with E-state index in [0.717, 1.165) is 15.9 Å². The SMILES string of the molecule is C=Cn1nnc(NC(=O)COc2ccc(C)cc2C)n1. The fraction of sp³-hybridized carbons (Fsp3) is 0.231. The van der Waals surface area contributed by atoms with Gasteiger partial charge in [-0.2, -0.15) is 0 Å². The van der Waals surface area contributed by atoms with E-state index in [4.69, 9.17) is 4.74 Å². The van der Waals surface area contributed by atoms with Crippen molar-refractivity contribution in [3.05, 3.63) is 35.9 Å². The third kappa shape index (κ3) is 3.41. The van der Waals surface area contributed by atoms with E-state index in [1.54, 1.807) is 0 Å². The zero-order valence-electron chi connectivity index (χ0n) is 11.3. The molecule has 0 unspecified atom stereocenters. The van der Waals surface area contributed by atoms with Crippen LogP contribution in [-0.4, -0.2) is 32.7 Å². The maximum atomic E-state index is 11.7. The number of carbonyl (C=O) groups excluding carboxylic acids is 1. The lowest BCUT2D eigenvalue weighted by molar-refractivity contribution is -0.118. The van der Waals surface area contributed by atoms with Crippen molar-refractivity contribution in [2.75, 3.05) is 11.9 Å². The Kier molecular flexibility index (Phi) is 4.09. The number of hydrogen-bond donors (Lipinski definition) is 1. The summed E-state index contributed by atoms with van der Waals surface area (Å²) in [5, 5.41) is 13.6. The van der Waals surface area contributed by atoms with Crippen LogP contribution in [0.3, 0.4) is 0 Å². The minimum atomic E-state index is -0.353. The Morgan fingerprint density at radius 2 is 2.30 bits per heavy atom. The second-order valence-electron chi connectivity index (χ2n) is 4.22. The second-order valence-corrected chi connectivity index (χ2v) is 4.22. The smallest absolute Gasteiger partial charge is 0.270 e. The quantitative estimate of drug-likeness (QED) is 0.890. The number of hydrogen-bond acceptors (Lipinski definition) is 5. The number of anilines is 1. The molecule has 1 amide bonds. The summed E-state index contributed by atoms with van der Waals surface area (Å²) in [4.78, 5) is 12.8. The average Bonchev–Trinajstić information content (AvgIpc) is 2.85. The van der Waals surface area contributed by atoms with E-state index in [1.807, 2.05) is 32.0 Å². The first kappa shape index (κ1) is 13.7. The van der Waals surface area contributed by atoms with Gasteiger partial charge in [0, 0.05) is 6.20 Å². The molecule has 0 spiro atoms. The first-order valence-electron chi connectivity index (χ1n) is 6.00. The van der Waals surface area contributed by atoms with Crippen LogP contribution in [0.2, 0.25) is 0 Å². The lowest BCUT2D eigenvalue weighted by Gasteiger charge is -2.08. The van der Waals surface area contributed by atoms with Crippen LogP contribution >= 0.6 is 0 Å². The minimum absolute atomic E-state index is 0.110. The number of nitrogens with zero attached hydrogens (tertiary/aromatic N) is 4. The van der Waals surface area contributed by atoms with Gasteiger partial charge in [-0.05, 0) is 30.7 Å². The fourth-order valence-corrected chi connectivity index (χ4v) is 1.62. The van der Waals surface area contributed by atoms with E-state index in [1.165, 1.54) is 6.20 Å². The molecular weight excluding hydrogens is 258 g/mol. The molecule has 0 aliphatic carbocycles. The molecule has 1 N–H and O–H groups in total. The Morgan fingerprint density at radius 3 is 2.95 bits per heavy atom. The standard InChI is InChI=1S/C13H15N5O2/c1-4-18-16-13(15-17-18)14-12(19)8-20-11-6-5-9(2)7-10(11)3/h4-7H,1,8H2,2-3H3,(H,14,16,19). The van der Waals surface area contributed by atoms with Crippen molar-refractivity contribution in [1.82, 2.24) is 20.2 Å². The highest BCUT2D eigenvalue weighted by atomic mass is 16.5. The lowest BCUT2D eigenvalue weighted by atomic mass is 10.1. The average molecular weight is 273 g/mol. The molecule has 7 heteroatoms. The molecule has 0 bridgehead atoms. The largest absolute Gasteiger partial charge is 0.483 e. The number of ether oxygens (including phenoxy) is 1. The predicted molar refractivity (Wildman–Crippen MR) is 74.2 cm³/mol. The highest BCUT2D eigenvalue weighted by Crippen LogP contribution is 2.18. The summed E-state index contributed by atoms with van der Waals surface area (Å²) in [7, 11) is 0. The maximum absolute atomic E-state index is 11.7. The van der Waals surface area contributed by atoms with E-state index in [-0.39, 0.29) is 18.5 Å². The summed E-state index contributed by atoms with van der Waals surface area (Å²) < 4.78 is 5.44. The van der Waals surface area contributed by atoms with Crippen LogP contribution in [0.25, 0.3) is 6.20 Å². The molecule has 0 radical (unpaired) electrons. The van der Waals surface area contributed by atoms with Crippen LogP contribution in [-0.2, 0) is 4.79 Å². The van der Waals surface area contributed by atoms with Crippen molar-refractivity contribution in [2.45, 2.75) is 13.8 Å². The number of rotatable bonds is 5. The molecule has 0 fully saturated rings. The monoisotopic (exact) mass is 273 g/mol. The number of aryl methyl sites for hydroxylation is 2. The predicted octanol–water partition coefficient (Wildman–Crippen LogP) is 1.41. The summed E-state index contributed by atoms with van der Waals surface area (Å²) in [5.74, 6) is 0.432. The number of aromatic nitrogens is 4. The van der Waals surface area contributed by atoms with E-state index >= 15 is 0 Å². The molecule has 0 atom stereocenters. The van der Waals surface area contributed by atoms with Crippen LogP contribution in [0, 0.1) is 13.8 Å². The topological polar surface area (TPSA) is 81.9 Å². The summed E-state index contributed by atoms with van der Waals surface area (Å²) in [6.07, 6.45) is 1.37. The van der Waals surface area contributed by atoms with E-state index < -0.39 is 0 Å². The number of benzene rings is 1. The van der Waals surface area contributed by atoms with Gasteiger partial charge in [-0.3, -0.25) is 10.1 Å². The Morgan fingerprint density at radius 1 is 1.50 bits per heavy atom. The number of amides is 1. The number of carbonyl (C=O) groups is 1. The number of nitrogens with one attached hydrogen (secondary N) is 1. The Hall–Kier alpha value is -2.70. The molecule has 1 heterocycles. The maximum Gasteiger partial charge on any atom is 0.270 e. The van der Waals surface area contributed by atoms with Gasteiger partial charge in [0.1, 0.15) is 5.75 Å². The molecule has 0 saturated carbocycles. The van der Waals surface area contributed by atoms with Gasteiger partial charge in [0.15, 0.2) is 6.61 Å². The van der Waals surface area contributed by atoms with Crippen LogP contribution in [0.1, 0.15) is 11.1 Å². The van der Waals surface area contributed by atoms with Gasteiger partial charge in [0.2, 0.25) is 0 Å². The normalized spacial score (nSPS) is 10.1. The van der Waals surface area contributed by atoms with Gasteiger partial charge >= 0.3 is 0 Å². The van der Waals surface area contributed by atoms with Gasteiger partial charge in [0.25, 0.3) is 11.9 Å². The summed E-state index contributed by atoms with van der Waals surface area (Å²) in [6.45, 7) is 7.28. The number of tetrazole rings is 1. The summed E-state index contributed by atoms with van der Waals surface area (Å²) in [6, 6.07) is 5.76. The highest BCUT2D eigenvalue weighted by molar-refractivity contribution is 5.90. The highest BCUT2D eigenvalue weighted by Gasteiger charge is 2.08. The van der Waals surface area contributed by atoms with Crippen molar-refractivity contribution >= 4 is 18.1 Å². The fourth-order valence-electron chi connectivity index (χ4n) is 1.62. The first-order valence-corrected chi connectivity index (χ1v) is 6.00. The lowest BCUT2D eigenvalue weighted by Crippen LogP contribution is -2.21. The van der Waals surface area contributed by atoms with Crippen LogP contribution in [0.5, 0.6) is 5.75 Å². The Bertz CT molecular complexity index is 635. The van der Waals surface area contributed by atoms with E-state index in [2.05, 4.69) is 27.3 Å². The van der Waals surface area contributed by atoms with Crippen molar-refractivity contribution in [3.8, 4) is 5.75 Å². The van der Waals surface area contributed by atoms with Crippen molar-refractivity contribution in [3.63, 3.8) is 0 Å². The van der Waals surface area contributed by atoms with Gasteiger partial charge in [-0.1, -0.05) is 29.4 Å². The van der Waals surface area contributed by atoms with Crippen LogP contribution in [0.15, 0.2) is 24.8 Å². The first-order chi connectivity index (χ1) is 9.58. The zero-order valence-corrected chi connectivity index (χ0v) is 11.3. The third-order valence-corrected chi connectivity index (χ3v) is 2.53. The Balaban J connectivity index is 1.90. The van der Waals surface area contributed by atoms with Crippen molar-refractivity contribution in [2.24, 2.45) is 0 Å². The van der Waals surface area contributed by atoms with E-state index in [0.29, 0.717) is 5.75 Å². The molecule has 0 aliphatic rings. The minimum Gasteiger partial charge on any atom is -0.483 e. The summed E-state index contributed by atoms with van der Waals surface area (Å²) >= 11 is 0. The molecule has 20 heavy (non-hydrogen) atoms. The molecule has 1 aromatic heterocycles. The zero-order chi connectivity index (χ0) is 14.5. The molecule has 2 aromatic rings. The molecule has 0 saturated heterocycles. The molecule has 1 aromatic carbocycles. The van der Waals surface area contributed by atoms with Gasteiger partial charge in [0.05, 0.1) is 0 Å². The van der Waals surface area contributed by atoms with Gasteiger partial charge in [-0.15, -0.1) is 9.90 Å². The third-order valence-electron chi connectivity index (χ3n) is 2.53. The summed E-state index contributed by atoms with van der Waals surface area (Å²) in [5.41, 5.74) is 2.12. The molecule has 0 aliphatic heterocycles. The van der Waals surface area contributed by atoms with Crippen LogP contribution in [0.4, 0.5) is 5.95 Å². The van der Waals surface area contributed by atoms with Crippen LogP contribution < -0.4 is 10.1 Å². The molecule has 104 valence electrons. The second kappa shape index (κ2) is 5.96. The molecular formula is C13H15N5O2. The van der Waals surface area contributed by atoms with Crippen molar-refractivity contribution < 1.29 is 9.53 Å². The Labute approximate surface area is 116 Å². The molecule has 2 rings (SSSR count). The van der Waals surface area contributed by atoms with E-state index in [9.17, 15) is 4.79 Å². The van der Waals surface area contributed by atoms with Crippen molar-refractivity contribution in [1.29, 1.82) is 0 Å². The van der Waals surface area contributed by atoms with Gasteiger partial charge < -0.3 is 4.74 Å².